The number of furan rings is 1. The van der Waals surface area contributed by atoms with Crippen molar-refractivity contribution in [3.63, 3.8) is 0 Å². The minimum Gasteiger partial charge on any atom is -0.507 e. The van der Waals surface area contributed by atoms with Gasteiger partial charge in [0, 0.05) is 18.7 Å². The molecule has 0 radical (unpaired) electrons. The van der Waals surface area contributed by atoms with Gasteiger partial charge in [0.1, 0.15) is 29.1 Å². The summed E-state index contributed by atoms with van der Waals surface area (Å²) >= 11 is 0. The molecule has 1 aliphatic heterocycles. The fraction of sp³-hybridized carbons (Fsp3) is 0.481. The van der Waals surface area contributed by atoms with Crippen LogP contribution in [0.25, 0.3) is 5.76 Å². The Labute approximate surface area is 201 Å². The van der Waals surface area contributed by atoms with Gasteiger partial charge in [-0.3, -0.25) is 9.59 Å². The van der Waals surface area contributed by atoms with Crippen LogP contribution in [0.3, 0.4) is 0 Å². The molecular formula is C27H35NO6. The highest BCUT2D eigenvalue weighted by molar-refractivity contribution is 6.46. The molecule has 0 bridgehead atoms. The van der Waals surface area contributed by atoms with Crippen LogP contribution in [0.15, 0.2) is 46.4 Å². The second kappa shape index (κ2) is 11.9. The molecule has 1 aromatic heterocycles. The number of aliphatic hydroxyl groups excluding tert-OH is 1. The van der Waals surface area contributed by atoms with Gasteiger partial charge in [0.2, 0.25) is 0 Å². The average Bonchev–Trinajstić information content (AvgIpc) is 3.35. The summed E-state index contributed by atoms with van der Waals surface area (Å²) in [4.78, 5) is 27.4. The van der Waals surface area contributed by atoms with Crippen LogP contribution in [0, 0.1) is 6.92 Å². The molecule has 7 nitrogen and oxygen atoms in total. The SMILES string of the molecule is CCCCCOc1ccc(/C(O)=C2/C(=O)C(=O)N(CCCOC(C)C)C2c2ccc(C)o2)cc1. The molecule has 1 atom stereocenters. The van der Waals surface area contributed by atoms with Gasteiger partial charge >= 0.3 is 0 Å². The van der Waals surface area contributed by atoms with Gasteiger partial charge < -0.3 is 23.9 Å². The Morgan fingerprint density at radius 3 is 2.41 bits per heavy atom. The third-order valence-electron chi connectivity index (χ3n) is 5.71. The lowest BCUT2D eigenvalue weighted by Gasteiger charge is -2.23. The average molecular weight is 470 g/mol. The Bertz CT molecular complexity index is 1000. The van der Waals surface area contributed by atoms with E-state index in [1.165, 1.54) is 4.90 Å². The fourth-order valence-electron chi connectivity index (χ4n) is 3.97. The number of unbranched alkanes of at least 4 members (excludes halogenated alkanes) is 2. The highest BCUT2D eigenvalue weighted by atomic mass is 16.5. The van der Waals surface area contributed by atoms with Gasteiger partial charge in [-0.15, -0.1) is 0 Å². The van der Waals surface area contributed by atoms with Crippen molar-refractivity contribution in [1.29, 1.82) is 0 Å². The second-order valence-electron chi connectivity index (χ2n) is 8.79. The molecule has 34 heavy (non-hydrogen) atoms. The minimum absolute atomic E-state index is 0.0285. The first-order valence-electron chi connectivity index (χ1n) is 12.0. The lowest BCUT2D eigenvalue weighted by Crippen LogP contribution is -2.31. The van der Waals surface area contributed by atoms with Gasteiger partial charge in [-0.1, -0.05) is 19.8 Å². The number of amides is 1. The molecule has 3 rings (SSSR count). The van der Waals surface area contributed by atoms with Crippen LogP contribution in [-0.2, 0) is 14.3 Å². The first-order valence-corrected chi connectivity index (χ1v) is 12.0. The molecule has 184 valence electrons. The van der Waals surface area contributed by atoms with E-state index >= 15 is 0 Å². The van der Waals surface area contributed by atoms with Gasteiger partial charge in [-0.05, 0) is 70.0 Å². The highest BCUT2D eigenvalue weighted by Gasteiger charge is 2.47. The number of carbonyl (C=O) groups excluding carboxylic acids is 2. The van der Waals surface area contributed by atoms with Gasteiger partial charge in [0.05, 0.1) is 18.3 Å². The second-order valence-corrected chi connectivity index (χ2v) is 8.79. The van der Waals surface area contributed by atoms with Crippen molar-refractivity contribution < 1.29 is 28.6 Å². The van der Waals surface area contributed by atoms with E-state index in [2.05, 4.69) is 6.92 Å². The summed E-state index contributed by atoms with van der Waals surface area (Å²) < 4.78 is 17.1. The summed E-state index contributed by atoms with van der Waals surface area (Å²) in [7, 11) is 0. The van der Waals surface area contributed by atoms with E-state index in [1.54, 1.807) is 43.3 Å². The molecule has 0 spiro atoms. The molecule has 1 amide bonds. The fourth-order valence-corrected chi connectivity index (χ4v) is 3.97. The third kappa shape index (κ3) is 6.08. The van der Waals surface area contributed by atoms with Crippen LogP contribution >= 0.6 is 0 Å². The number of ketones is 1. The molecule has 2 heterocycles. The molecule has 1 N–H and O–H groups in total. The van der Waals surface area contributed by atoms with E-state index < -0.39 is 17.7 Å². The minimum atomic E-state index is -0.794. The number of aliphatic hydroxyl groups is 1. The van der Waals surface area contributed by atoms with E-state index in [-0.39, 0.29) is 17.4 Å². The van der Waals surface area contributed by atoms with E-state index in [0.29, 0.717) is 49.0 Å². The van der Waals surface area contributed by atoms with Gasteiger partial charge in [0.25, 0.3) is 11.7 Å². The normalized spacial score (nSPS) is 17.7. The summed E-state index contributed by atoms with van der Waals surface area (Å²) in [5.41, 5.74) is 0.469. The molecule has 1 unspecified atom stereocenters. The number of ether oxygens (including phenoxy) is 2. The quantitative estimate of drug-likeness (QED) is 0.194. The number of Topliss-reactive ketones (excluding diaryl/α,β-unsaturated/α-hetero) is 1. The number of carbonyl (C=O) groups is 2. The number of hydrogen-bond acceptors (Lipinski definition) is 6. The molecule has 1 aromatic carbocycles. The van der Waals surface area contributed by atoms with E-state index in [0.717, 1.165) is 19.3 Å². The van der Waals surface area contributed by atoms with Gasteiger partial charge in [-0.2, -0.15) is 0 Å². The smallest absolute Gasteiger partial charge is 0.295 e. The number of nitrogens with zero attached hydrogens (tertiary/aromatic N) is 1. The van der Waals surface area contributed by atoms with Crippen LogP contribution in [-0.4, -0.2) is 47.6 Å². The Kier molecular flexibility index (Phi) is 8.93. The Balaban J connectivity index is 1.87. The first-order chi connectivity index (χ1) is 16.3. The van der Waals surface area contributed by atoms with Crippen molar-refractivity contribution in [2.45, 2.75) is 65.5 Å². The number of rotatable bonds is 12. The predicted molar refractivity (Wildman–Crippen MR) is 130 cm³/mol. The summed E-state index contributed by atoms with van der Waals surface area (Å²) in [6, 6.07) is 9.63. The van der Waals surface area contributed by atoms with Crippen molar-refractivity contribution in [3.8, 4) is 5.75 Å². The molecule has 2 aromatic rings. The molecule has 1 fully saturated rings. The summed E-state index contributed by atoms with van der Waals surface area (Å²) in [5.74, 6) is 0.196. The number of aryl methyl sites for hydroxylation is 1. The maximum atomic E-state index is 13.0. The predicted octanol–water partition coefficient (Wildman–Crippen LogP) is 5.39. The van der Waals surface area contributed by atoms with Gasteiger partial charge in [-0.25, -0.2) is 0 Å². The maximum Gasteiger partial charge on any atom is 0.295 e. The van der Waals surface area contributed by atoms with Crippen LogP contribution in [0.5, 0.6) is 5.75 Å². The summed E-state index contributed by atoms with van der Waals surface area (Å²) in [6.45, 7) is 9.22. The molecular weight excluding hydrogens is 434 g/mol. The molecule has 0 saturated carbocycles. The zero-order chi connectivity index (χ0) is 24.7. The van der Waals surface area contributed by atoms with Crippen molar-refractivity contribution >= 4 is 17.4 Å². The monoisotopic (exact) mass is 469 g/mol. The van der Waals surface area contributed by atoms with Crippen LogP contribution in [0.2, 0.25) is 0 Å². The molecule has 0 aliphatic carbocycles. The largest absolute Gasteiger partial charge is 0.507 e. The lowest BCUT2D eigenvalue weighted by atomic mass is 9.99. The topological polar surface area (TPSA) is 89.2 Å². The number of hydrogen-bond donors (Lipinski definition) is 1. The van der Waals surface area contributed by atoms with Crippen LogP contribution in [0.1, 0.15) is 69.6 Å². The van der Waals surface area contributed by atoms with E-state index in [1.807, 2.05) is 13.8 Å². The van der Waals surface area contributed by atoms with E-state index in [4.69, 9.17) is 13.9 Å². The Morgan fingerprint density at radius 1 is 1.06 bits per heavy atom. The zero-order valence-electron chi connectivity index (χ0n) is 20.5. The lowest BCUT2D eigenvalue weighted by molar-refractivity contribution is -0.140. The Hall–Kier alpha value is -3.06. The number of likely N-dealkylation sites (tertiary alicyclic amines) is 1. The zero-order valence-corrected chi connectivity index (χ0v) is 20.5. The van der Waals surface area contributed by atoms with Crippen LogP contribution < -0.4 is 4.74 Å². The van der Waals surface area contributed by atoms with Crippen molar-refractivity contribution in [3.05, 3.63) is 59.1 Å². The molecule has 1 aliphatic rings. The van der Waals surface area contributed by atoms with Crippen molar-refractivity contribution in [2.75, 3.05) is 19.8 Å². The molecule has 7 heteroatoms. The number of benzene rings is 1. The van der Waals surface area contributed by atoms with E-state index in [9.17, 15) is 14.7 Å². The van der Waals surface area contributed by atoms with Crippen LogP contribution in [0.4, 0.5) is 0 Å². The van der Waals surface area contributed by atoms with Gasteiger partial charge in [0.15, 0.2) is 0 Å². The Morgan fingerprint density at radius 2 is 1.79 bits per heavy atom. The highest BCUT2D eigenvalue weighted by Crippen LogP contribution is 2.40. The first kappa shape index (κ1) is 25.6. The summed E-state index contributed by atoms with van der Waals surface area (Å²) in [6.07, 6.45) is 3.85. The summed E-state index contributed by atoms with van der Waals surface area (Å²) in [5, 5.41) is 11.1. The molecule has 1 saturated heterocycles. The maximum absolute atomic E-state index is 13.0. The van der Waals surface area contributed by atoms with Crippen molar-refractivity contribution in [1.82, 2.24) is 4.90 Å². The standard InChI is InChI=1S/C27H35NO6/c1-5-6-7-16-33-21-12-10-20(11-13-21)25(29)23-24(22-14-9-19(4)34-22)28(27(31)26(23)30)15-8-17-32-18(2)3/h9-14,18,24,29H,5-8,15-17H2,1-4H3/b25-23-. The third-order valence-corrected chi connectivity index (χ3v) is 5.71. The van der Waals surface area contributed by atoms with Crippen molar-refractivity contribution in [2.24, 2.45) is 0 Å².